The average molecular weight is 267 g/mol. The number of nitrogens with one attached hydrogen (secondary N) is 2. The summed E-state index contributed by atoms with van der Waals surface area (Å²) in [6.07, 6.45) is 0. The van der Waals surface area contributed by atoms with Gasteiger partial charge >= 0.3 is 12.0 Å². The van der Waals surface area contributed by atoms with Crippen LogP contribution in [0.25, 0.3) is 0 Å². The zero-order valence-corrected chi connectivity index (χ0v) is 10.1. The maximum absolute atomic E-state index is 11.4. The second kappa shape index (κ2) is 6.24. The van der Waals surface area contributed by atoms with Crippen molar-refractivity contribution in [3.63, 3.8) is 0 Å². The van der Waals surface area contributed by atoms with Gasteiger partial charge in [0.25, 0.3) is 0 Å². The molecule has 19 heavy (non-hydrogen) atoms. The molecule has 102 valence electrons. The van der Waals surface area contributed by atoms with Crippen molar-refractivity contribution < 1.29 is 24.2 Å². The van der Waals surface area contributed by atoms with Crippen molar-refractivity contribution in [1.29, 1.82) is 0 Å². The number of hydrogen-bond acceptors (Lipinski definition) is 4. The molecule has 0 aliphatic carbocycles. The van der Waals surface area contributed by atoms with Gasteiger partial charge in [0.2, 0.25) is 5.91 Å². The second-order valence-electron chi connectivity index (χ2n) is 3.49. The Labute approximate surface area is 108 Å². The molecule has 8 heteroatoms. The van der Waals surface area contributed by atoms with E-state index in [2.05, 4.69) is 10.6 Å². The molecular formula is C11H13N3O5. The van der Waals surface area contributed by atoms with Crippen LogP contribution in [0.3, 0.4) is 0 Å². The van der Waals surface area contributed by atoms with Crippen molar-refractivity contribution in [2.75, 3.05) is 19.0 Å². The van der Waals surface area contributed by atoms with Crippen LogP contribution in [-0.4, -0.2) is 36.7 Å². The van der Waals surface area contributed by atoms with E-state index in [0.29, 0.717) is 5.75 Å². The fourth-order valence-corrected chi connectivity index (χ4v) is 1.27. The number of rotatable bonds is 5. The van der Waals surface area contributed by atoms with Crippen molar-refractivity contribution in [2.45, 2.75) is 0 Å². The highest BCUT2D eigenvalue weighted by Crippen LogP contribution is 2.22. The molecule has 1 aromatic rings. The fourth-order valence-electron chi connectivity index (χ4n) is 1.27. The van der Waals surface area contributed by atoms with Crippen molar-refractivity contribution >= 4 is 23.6 Å². The van der Waals surface area contributed by atoms with Gasteiger partial charge in [-0.3, -0.25) is 4.79 Å². The number of amides is 3. The number of aromatic carboxylic acids is 1. The number of carboxylic acid groups (broad SMARTS) is 1. The lowest BCUT2D eigenvalue weighted by atomic mass is 10.1. The van der Waals surface area contributed by atoms with Gasteiger partial charge in [0.15, 0.2) is 0 Å². The number of carboxylic acids is 1. The number of hydrogen-bond donors (Lipinski definition) is 4. The SMILES string of the molecule is COc1ccc(C(=O)O)c(NC(=O)NCC(N)=O)c1. The van der Waals surface area contributed by atoms with E-state index in [1.807, 2.05) is 0 Å². The Bertz CT molecular complexity index is 515. The molecule has 1 aromatic carbocycles. The van der Waals surface area contributed by atoms with Crippen LogP contribution < -0.4 is 21.1 Å². The van der Waals surface area contributed by atoms with E-state index in [1.54, 1.807) is 0 Å². The summed E-state index contributed by atoms with van der Waals surface area (Å²) >= 11 is 0. The van der Waals surface area contributed by atoms with E-state index in [1.165, 1.54) is 25.3 Å². The highest BCUT2D eigenvalue weighted by molar-refractivity contribution is 6.00. The lowest BCUT2D eigenvalue weighted by molar-refractivity contribution is -0.117. The van der Waals surface area contributed by atoms with Crippen LogP contribution in [0, 0.1) is 0 Å². The highest BCUT2D eigenvalue weighted by Gasteiger charge is 2.13. The molecule has 0 aliphatic rings. The third-order valence-corrected chi connectivity index (χ3v) is 2.13. The largest absolute Gasteiger partial charge is 0.497 e. The maximum Gasteiger partial charge on any atom is 0.337 e. The van der Waals surface area contributed by atoms with Crippen LogP contribution in [0.1, 0.15) is 10.4 Å². The standard InChI is InChI=1S/C11H13N3O5/c1-19-6-2-3-7(10(16)17)8(4-6)14-11(18)13-5-9(12)15/h2-4H,5H2,1H3,(H2,12,15)(H,16,17)(H2,13,14,18). The van der Waals surface area contributed by atoms with Crippen LogP contribution in [0.15, 0.2) is 18.2 Å². The first-order chi connectivity index (χ1) is 8.93. The molecule has 0 aliphatic heterocycles. The summed E-state index contributed by atoms with van der Waals surface area (Å²) in [7, 11) is 1.41. The maximum atomic E-state index is 11.4. The molecule has 0 unspecified atom stereocenters. The first-order valence-corrected chi connectivity index (χ1v) is 5.18. The van der Waals surface area contributed by atoms with Crippen LogP contribution in [0.4, 0.5) is 10.5 Å². The fraction of sp³-hybridized carbons (Fsp3) is 0.182. The molecule has 0 spiro atoms. The summed E-state index contributed by atoms with van der Waals surface area (Å²) in [6, 6.07) is 3.36. The Morgan fingerprint density at radius 2 is 2.05 bits per heavy atom. The number of ether oxygens (including phenoxy) is 1. The summed E-state index contributed by atoms with van der Waals surface area (Å²) in [5, 5.41) is 13.5. The number of benzene rings is 1. The number of carbonyl (C=O) groups excluding carboxylic acids is 2. The van der Waals surface area contributed by atoms with Gasteiger partial charge in [0, 0.05) is 6.07 Å². The monoisotopic (exact) mass is 267 g/mol. The molecule has 0 fully saturated rings. The normalized spacial score (nSPS) is 9.53. The van der Waals surface area contributed by atoms with E-state index < -0.39 is 17.9 Å². The number of primary amides is 1. The Morgan fingerprint density at radius 1 is 1.37 bits per heavy atom. The quantitative estimate of drug-likeness (QED) is 0.596. The lowest BCUT2D eigenvalue weighted by Gasteiger charge is -2.10. The number of anilines is 1. The van der Waals surface area contributed by atoms with Crippen LogP contribution >= 0.6 is 0 Å². The first-order valence-electron chi connectivity index (χ1n) is 5.18. The minimum absolute atomic E-state index is 0.0498. The van der Waals surface area contributed by atoms with Gasteiger partial charge in [-0.2, -0.15) is 0 Å². The molecule has 0 bridgehead atoms. The Balaban J connectivity index is 2.88. The van der Waals surface area contributed by atoms with Crippen molar-refractivity contribution in [1.82, 2.24) is 5.32 Å². The molecule has 1 rings (SSSR count). The smallest absolute Gasteiger partial charge is 0.337 e. The average Bonchev–Trinajstić information content (AvgIpc) is 2.35. The molecule has 0 atom stereocenters. The Morgan fingerprint density at radius 3 is 2.58 bits per heavy atom. The van der Waals surface area contributed by atoms with Gasteiger partial charge in [0.05, 0.1) is 24.9 Å². The van der Waals surface area contributed by atoms with E-state index in [-0.39, 0.29) is 17.8 Å². The number of nitrogens with two attached hydrogens (primary N) is 1. The zero-order chi connectivity index (χ0) is 14.4. The van der Waals surface area contributed by atoms with Gasteiger partial charge in [-0.25, -0.2) is 9.59 Å². The predicted octanol–water partition coefficient (Wildman–Crippen LogP) is 0.000200. The van der Waals surface area contributed by atoms with E-state index in [4.69, 9.17) is 15.6 Å². The highest BCUT2D eigenvalue weighted by atomic mass is 16.5. The van der Waals surface area contributed by atoms with E-state index in [0.717, 1.165) is 0 Å². The number of urea groups is 1. The molecule has 8 nitrogen and oxygen atoms in total. The molecule has 0 saturated heterocycles. The van der Waals surface area contributed by atoms with E-state index in [9.17, 15) is 14.4 Å². The van der Waals surface area contributed by atoms with Crippen molar-refractivity contribution in [3.8, 4) is 5.75 Å². The van der Waals surface area contributed by atoms with Crippen LogP contribution in [0.2, 0.25) is 0 Å². The Hall–Kier alpha value is -2.77. The molecular weight excluding hydrogens is 254 g/mol. The molecule has 5 N–H and O–H groups in total. The van der Waals surface area contributed by atoms with Gasteiger partial charge in [-0.1, -0.05) is 0 Å². The molecule has 0 aromatic heterocycles. The van der Waals surface area contributed by atoms with Gasteiger partial charge in [-0.05, 0) is 12.1 Å². The molecule has 0 heterocycles. The van der Waals surface area contributed by atoms with Gasteiger partial charge < -0.3 is 26.2 Å². The molecule has 0 radical (unpaired) electrons. The van der Waals surface area contributed by atoms with Crippen molar-refractivity contribution in [3.05, 3.63) is 23.8 Å². The summed E-state index contributed by atoms with van der Waals surface area (Å²) < 4.78 is 4.93. The third-order valence-electron chi connectivity index (χ3n) is 2.13. The predicted molar refractivity (Wildman–Crippen MR) is 66.2 cm³/mol. The molecule has 0 saturated carbocycles. The minimum atomic E-state index is -1.20. The topological polar surface area (TPSA) is 131 Å². The van der Waals surface area contributed by atoms with Gasteiger partial charge in [-0.15, -0.1) is 0 Å². The Kier molecular flexibility index (Phi) is 4.69. The summed E-state index contributed by atoms with van der Waals surface area (Å²) in [5.74, 6) is -1.53. The summed E-state index contributed by atoms with van der Waals surface area (Å²) in [6.45, 7) is -0.349. The van der Waals surface area contributed by atoms with Crippen LogP contribution in [-0.2, 0) is 4.79 Å². The number of methoxy groups -OCH3 is 1. The lowest BCUT2D eigenvalue weighted by Crippen LogP contribution is -2.36. The third kappa shape index (κ3) is 4.19. The van der Waals surface area contributed by atoms with E-state index >= 15 is 0 Å². The second-order valence-corrected chi connectivity index (χ2v) is 3.49. The van der Waals surface area contributed by atoms with Crippen LogP contribution in [0.5, 0.6) is 5.75 Å². The number of carbonyl (C=O) groups is 3. The van der Waals surface area contributed by atoms with Gasteiger partial charge in [0.1, 0.15) is 5.75 Å². The minimum Gasteiger partial charge on any atom is -0.497 e. The summed E-state index contributed by atoms with van der Waals surface area (Å²) in [4.78, 5) is 32.9. The first kappa shape index (κ1) is 14.3. The molecule has 3 amide bonds. The zero-order valence-electron chi connectivity index (χ0n) is 10.1. The van der Waals surface area contributed by atoms with Crippen molar-refractivity contribution in [2.24, 2.45) is 5.73 Å². The summed E-state index contributed by atoms with van der Waals surface area (Å²) in [5.41, 5.74) is 4.81.